The Morgan fingerprint density at radius 2 is 2.14 bits per heavy atom. The van der Waals surface area contributed by atoms with Crippen molar-refractivity contribution < 1.29 is 4.42 Å². The normalized spacial score (nSPS) is 13.6. The van der Waals surface area contributed by atoms with Crippen molar-refractivity contribution in [3.8, 4) is 0 Å². The molecule has 4 heteroatoms. The summed E-state index contributed by atoms with van der Waals surface area (Å²) < 4.78 is 7.24. The summed E-state index contributed by atoms with van der Waals surface area (Å²) in [6, 6.07) is 12.1. The van der Waals surface area contributed by atoms with Gasteiger partial charge >= 0.3 is 0 Å². The predicted octanol–water partition coefficient (Wildman–Crippen LogP) is 2.83. The molecule has 112 valence electrons. The van der Waals surface area contributed by atoms with Crippen LogP contribution in [0, 0.1) is 0 Å². The third kappa shape index (κ3) is 2.25. The molecule has 0 spiro atoms. The number of pyridine rings is 1. The molecule has 0 saturated carbocycles. The standard InChI is InChI=1S/C18H18N2O2/c21-18-15(11-19-12-16-7-3-9-22-16)10-14-5-1-4-13-6-2-8-20(18)17(13)14/h1,3-5,7,9-10,19H,2,6,8,11-12H2. The molecule has 0 fully saturated rings. The van der Waals surface area contributed by atoms with Crippen LogP contribution in [0.4, 0.5) is 0 Å². The summed E-state index contributed by atoms with van der Waals surface area (Å²) in [5.41, 5.74) is 3.36. The Morgan fingerprint density at radius 1 is 1.18 bits per heavy atom. The van der Waals surface area contributed by atoms with E-state index < -0.39 is 0 Å². The molecular weight excluding hydrogens is 276 g/mol. The Labute approximate surface area is 128 Å². The Morgan fingerprint density at radius 3 is 3.00 bits per heavy atom. The third-order valence-electron chi connectivity index (χ3n) is 4.29. The minimum absolute atomic E-state index is 0.131. The van der Waals surface area contributed by atoms with Crippen molar-refractivity contribution in [3.05, 3.63) is 69.9 Å². The van der Waals surface area contributed by atoms with Crippen LogP contribution in [0.2, 0.25) is 0 Å². The number of rotatable bonds is 4. The maximum atomic E-state index is 12.7. The van der Waals surface area contributed by atoms with E-state index in [1.807, 2.05) is 22.8 Å². The van der Waals surface area contributed by atoms with E-state index in [1.165, 1.54) is 5.56 Å². The molecule has 3 aromatic rings. The third-order valence-corrected chi connectivity index (χ3v) is 4.29. The number of para-hydroxylation sites is 1. The molecule has 0 saturated heterocycles. The van der Waals surface area contributed by atoms with Gasteiger partial charge in [0, 0.05) is 18.7 Å². The van der Waals surface area contributed by atoms with E-state index in [2.05, 4.69) is 23.5 Å². The van der Waals surface area contributed by atoms with Gasteiger partial charge < -0.3 is 14.3 Å². The van der Waals surface area contributed by atoms with Crippen LogP contribution in [0.1, 0.15) is 23.3 Å². The van der Waals surface area contributed by atoms with Gasteiger partial charge in [0.2, 0.25) is 0 Å². The van der Waals surface area contributed by atoms with E-state index in [1.54, 1.807) is 6.26 Å². The number of nitrogens with one attached hydrogen (secondary N) is 1. The van der Waals surface area contributed by atoms with E-state index in [-0.39, 0.29) is 5.56 Å². The summed E-state index contributed by atoms with van der Waals surface area (Å²) in [6.45, 7) is 2.00. The van der Waals surface area contributed by atoms with Gasteiger partial charge in [0.05, 0.1) is 18.3 Å². The van der Waals surface area contributed by atoms with E-state index in [0.717, 1.165) is 41.6 Å². The molecule has 4 rings (SSSR count). The monoisotopic (exact) mass is 294 g/mol. The zero-order valence-corrected chi connectivity index (χ0v) is 12.3. The number of hydrogen-bond acceptors (Lipinski definition) is 3. The number of aryl methyl sites for hydroxylation is 2. The summed E-state index contributed by atoms with van der Waals surface area (Å²) >= 11 is 0. The largest absolute Gasteiger partial charge is 0.468 e. The molecule has 3 heterocycles. The number of furan rings is 1. The van der Waals surface area contributed by atoms with E-state index in [4.69, 9.17) is 4.42 Å². The highest BCUT2D eigenvalue weighted by Crippen LogP contribution is 2.23. The molecule has 0 amide bonds. The molecule has 4 nitrogen and oxygen atoms in total. The predicted molar refractivity (Wildman–Crippen MR) is 85.8 cm³/mol. The van der Waals surface area contributed by atoms with Crippen molar-refractivity contribution in [2.75, 3.05) is 0 Å². The van der Waals surface area contributed by atoms with Crippen molar-refractivity contribution in [2.45, 2.75) is 32.5 Å². The fraction of sp³-hybridized carbons (Fsp3) is 0.278. The van der Waals surface area contributed by atoms with Crippen LogP contribution in [-0.2, 0) is 26.1 Å². The quantitative estimate of drug-likeness (QED) is 0.805. The molecule has 0 atom stereocenters. The van der Waals surface area contributed by atoms with Crippen molar-refractivity contribution in [2.24, 2.45) is 0 Å². The molecule has 0 radical (unpaired) electrons. The van der Waals surface area contributed by atoms with Gasteiger partial charge in [-0.2, -0.15) is 0 Å². The number of nitrogens with zero attached hydrogens (tertiary/aromatic N) is 1. The van der Waals surface area contributed by atoms with Crippen LogP contribution in [0.15, 0.2) is 51.9 Å². The average Bonchev–Trinajstić information content (AvgIpc) is 3.05. The Balaban J connectivity index is 1.67. The lowest BCUT2D eigenvalue weighted by molar-refractivity contribution is 0.482. The summed E-state index contributed by atoms with van der Waals surface area (Å²) in [4.78, 5) is 12.7. The van der Waals surface area contributed by atoms with Crippen LogP contribution < -0.4 is 10.9 Å². The highest BCUT2D eigenvalue weighted by molar-refractivity contribution is 5.83. The lowest BCUT2D eigenvalue weighted by Gasteiger charge is -2.20. The van der Waals surface area contributed by atoms with Gasteiger partial charge in [0.25, 0.3) is 5.56 Å². The van der Waals surface area contributed by atoms with Crippen molar-refractivity contribution in [3.63, 3.8) is 0 Å². The first-order valence-corrected chi connectivity index (χ1v) is 7.70. The maximum Gasteiger partial charge on any atom is 0.255 e. The smallest absolute Gasteiger partial charge is 0.255 e. The number of benzene rings is 1. The van der Waals surface area contributed by atoms with Gasteiger partial charge in [-0.1, -0.05) is 18.2 Å². The molecule has 0 unspecified atom stereocenters. The van der Waals surface area contributed by atoms with Gasteiger partial charge in [0.1, 0.15) is 5.76 Å². The van der Waals surface area contributed by atoms with Crippen LogP contribution >= 0.6 is 0 Å². The molecule has 1 N–H and O–H groups in total. The van der Waals surface area contributed by atoms with Crippen molar-refractivity contribution >= 4 is 10.9 Å². The van der Waals surface area contributed by atoms with Crippen LogP contribution in [0.3, 0.4) is 0 Å². The number of aromatic nitrogens is 1. The van der Waals surface area contributed by atoms with Gasteiger partial charge in [-0.25, -0.2) is 0 Å². The van der Waals surface area contributed by atoms with Gasteiger partial charge in [-0.15, -0.1) is 0 Å². The minimum Gasteiger partial charge on any atom is -0.468 e. The second-order valence-corrected chi connectivity index (χ2v) is 5.77. The molecule has 1 aliphatic rings. The second-order valence-electron chi connectivity index (χ2n) is 5.77. The van der Waals surface area contributed by atoms with Crippen LogP contribution in [0.5, 0.6) is 0 Å². The Bertz CT molecular complexity index is 863. The van der Waals surface area contributed by atoms with Gasteiger partial charge in [-0.3, -0.25) is 4.79 Å². The first-order valence-electron chi connectivity index (χ1n) is 7.70. The van der Waals surface area contributed by atoms with Crippen LogP contribution in [0.25, 0.3) is 10.9 Å². The molecule has 22 heavy (non-hydrogen) atoms. The van der Waals surface area contributed by atoms with Crippen molar-refractivity contribution in [1.82, 2.24) is 9.88 Å². The zero-order valence-electron chi connectivity index (χ0n) is 12.3. The van der Waals surface area contributed by atoms with E-state index in [9.17, 15) is 4.79 Å². The van der Waals surface area contributed by atoms with E-state index >= 15 is 0 Å². The first-order chi connectivity index (χ1) is 10.8. The summed E-state index contributed by atoms with van der Waals surface area (Å²) in [6.07, 6.45) is 3.76. The second kappa shape index (κ2) is 5.46. The maximum absolute atomic E-state index is 12.7. The summed E-state index contributed by atoms with van der Waals surface area (Å²) in [5, 5.41) is 4.45. The molecular formula is C18H18N2O2. The van der Waals surface area contributed by atoms with Gasteiger partial charge in [-0.05, 0) is 42.0 Å². The zero-order chi connectivity index (χ0) is 14.9. The Kier molecular flexibility index (Phi) is 3.31. The summed E-state index contributed by atoms with van der Waals surface area (Å²) in [7, 11) is 0. The molecule has 0 bridgehead atoms. The minimum atomic E-state index is 0.131. The Hall–Kier alpha value is -2.33. The topological polar surface area (TPSA) is 47.2 Å². The highest BCUT2D eigenvalue weighted by Gasteiger charge is 2.15. The number of hydrogen-bond donors (Lipinski definition) is 1. The molecule has 2 aromatic heterocycles. The lowest BCUT2D eigenvalue weighted by Crippen LogP contribution is -2.29. The van der Waals surface area contributed by atoms with Crippen LogP contribution in [-0.4, -0.2) is 4.57 Å². The first kappa shape index (κ1) is 13.3. The van der Waals surface area contributed by atoms with E-state index in [0.29, 0.717) is 13.1 Å². The molecule has 1 aromatic carbocycles. The molecule has 1 aliphatic heterocycles. The fourth-order valence-corrected chi connectivity index (χ4v) is 3.28. The highest BCUT2D eigenvalue weighted by atomic mass is 16.3. The summed E-state index contributed by atoms with van der Waals surface area (Å²) in [5.74, 6) is 0.879. The lowest BCUT2D eigenvalue weighted by atomic mass is 10.00. The van der Waals surface area contributed by atoms with Gasteiger partial charge in [0.15, 0.2) is 0 Å². The molecule has 0 aliphatic carbocycles. The average molecular weight is 294 g/mol. The fourth-order valence-electron chi connectivity index (χ4n) is 3.28. The van der Waals surface area contributed by atoms with Crippen molar-refractivity contribution in [1.29, 1.82) is 0 Å². The SMILES string of the molecule is O=c1c(CNCc2ccco2)cc2cccc3c2n1CCC3.